The van der Waals surface area contributed by atoms with Gasteiger partial charge in [0.2, 0.25) is 0 Å². The van der Waals surface area contributed by atoms with Gasteiger partial charge in [0.05, 0.1) is 5.54 Å². The van der Waals surface area contributed by atoms with Crippen molar-refractivity contribution in [1.82, 2.24) is 37.6 Å². The summed E-state index contributed by atoms with van der Waals surface area (Å²) >= 11 is 0. The number of hydrogen-bond donors (Lipinski definition) is 0. The topological polar surface area (TPSA) is 75.4 Å². The molecule has 0 unspecified atom stereocenters. The molecule has 0 saturated carbocycles. The fourth-order valence-electron chi connectivity index (χ4n) is 5.09. The van der Waals surface area contributed by atoms with Crippen LogP contribution in [0.15, 0.2) is 18.3 Å². The number of nitrogens with zero attached hydrogens (tertiary/aromatic N) is 12. The molecule has 16 heteroatoms. The van der Waals surface area contributed by atoms with Crippen LogP contribution in [0.3, 0.4) is 0 Å². The summed E-state index contributed by atoms with van der Waals surface area (Å²) in [5, 5.41) is 0. The molecule has 1 rings (SSSR count). The maximum absolute atomic E-state index is 5.90. The maximum Gasteiger partial charge on any atom is 0.305 e. The van der Waals surface area contributed by atoms with Crippen molar-refractivity contribution in [3.63, 3.8) is 0 Å². The molecule has 0 saturated heterocycles. The van der Waals surface area contributed by atoms with Gasteiger partial charge in [0, 0.05) is 19.8 Å². The highest BCUT2D eigenvalue weighted by Crippen LogP contribution is 2.82. The van der Waals surface area contributed by atoms with Crippen molar-refractivity contribution in [1.29, 1.82) is 0 Å². The summed E-state index contributed by atoms with van der Waals surface area (Å²) in [4.78, 5) is 0. The standard InChI is InChI=1S/C21H58N12P4/c1-20(2)34(26(6)7,27(8)9)23-35(22-21(3,4)5)24-36(28(10)11,29(12)13)32(18)33(19)37(25-35,30(14)15)31(16)17/h20H,1-19H3. The Morgan fingerprint density at radius 2 is 0.946 bits per heavy atom. The maximum atomic E-state index is 5.90. The van der Waals surface area contributed by atoms with Crippen molar-refractivity contribution < 1.29 is 0 Å². The van der Waals surface area contributed by atoms with Gasteiger partial charge in [0.1, 0.15) is 7.36 Å². The van der Waals surface area contributed by atoms with Gasteiger partial charge in [-0.25, -0.2) is 4.74 Å². The van der Waals surface area contributed by atoms with Crippen molar-refractivity contribution >= 4 is 29.9 Å². The lowest BCUT2D eigenvalue weighted by molar-refractivity contribution is 0.206. The van der Waals surface area contributed by atoms with Gasteiger partial charge in [0.25, 0.3) is 0 Å². The van der Waals surface area contributed by atoms with Gasteiger partial charge >= 0.3 is 7.51 Å². The van der Waals surface area contributed by atoms with E-state index in [1.165, 1.54) is 0 Å². The fraction of sp³-hybridized carbons (Fsp3) is 1.00. The van der Waals surface area contributed by atoms with Gasteiger partial charge in [-0.2, -0.15) is 23.1 Å². The lowest BCUT2D eigenvalue weighted by Crippen LogP contribution is -2.44. The third-order valence-corrected chi connectivity index (χ3v) is 23.4. The van der Waals surface area contributed by atoms with Gasteiger partial charge in [-0.1, -0.05) is 13.8 Å². The molecule has 0 bridgehead atoms. The second kappa shape index (κ2) is 12.2. The van der Waals surface area contributed by atoms with Crippen LogP contribution in [0.2, 0.25) is 0 Å². The van der Waals surface area contributed by atoms with Crippen molar-refractivity contribution in [3.05, 3.63) is 0 Å². The Kier molecular flexibility index (Phi) is 11.8. The number of hydrogen-bond acceptors (Lipinski definition) is 7. The highest BCUT2D eigenvalue weighted by atomic mass is 31.3. The van der Waals surface area contributed by atoms with Crippen molar-refractivity contribution in [2.24, 2.45) is 18.3 Å². The van der Waals surface area contributed by atoms with Crippen LogP contribution in [0.25, 0.3) is 0 Å². The van der Waals surface area contributed by atoms with Crippen LogP contribution in [0.1, 0.15) is 34.6 Å². The summed E-state index contributed by atoms with van der Waals surface area (Å²) in [6, 6.07) is 0. The average Bonchev–Trinajstić information content (AvgIpc) is 2.78. The minimum Gasteiger partial charge on any atom is -0.264 e. The monoisotopic (exact) mass is 602 g/mol. The molecule has 0 atom stereocenters. The van der Waals surface area contributed by atoms with E-state index in [4.69, 9.17) is 18.3 Å². The second-order valence-corrected chi connectivity index (χ2v) is 25.7. The van der Waals surface area contributed by atoms with E-state index in [0.717, 1.165) is 0 Å². The first kappa shape index (κ1) is 35.6. The molecular weight excluding hydrogens is 544 g/mol. The van der Waals surface area contributed by atoms with E-state index < -0.39 is 29.9 Å². The van der Waals surface area contributed by atoms with Crippen LogP contribution in [0, 0.1) is 0 Å². The molecule has 0 fully saturated rings. The largest absolute Gasteiger partial charge is 0.305 e. The molecule has 0 amide bonds. The van der Waals surface area contributed by atoms with E-state index >= 15 is 0 Å². The molecule has 0 aromatic carbocycles. The van der Waals surface area contributed by atoms with E-state index in [9.17, 15) is 0 Å². The van der Waals surface area contributed by atoms with Crippen LogP contribution in [0.4, 0.5) is 0 Å². The molecule has 222 valence electrons. The van der Waals surface area contributed by atoms with Crippen molar-refractivity contribution in [3.8, 4) is 0 Å². The first-order valence-corrected chi connectivity index (χ1v) is 19.1. The predicted octanol–water partition coefficient (Wildman–Crippen LogP) is 6.22. The lowest BCUT2D eigenvalue weighted by atomic mass is 10.1. The van der Waals surface area contributed by atoms with Gasteiger partial charge in [-0.05, 0) is 105 Å². The smallest absolute Gasteiger partial charge is 0.264 e. The van der Waals surface area contributed by atoms with E-state index in [1.807, 2.05) is 0 Å². The molecule has 0 aliphatic carbocycles. The van der Waals surface area contributed by atoms with Crippen LogP contribution >= 0.6 is 29.9 Å². The molecule has 0 aromatic rings. The molecule has 12 nitrogen and oxygen atoms in total. The molecule has 1 aliphatic heterocycles. The summed E-state index contributed by atoms with van der Waals surface area (Å²) in [6.45, 7) is 11.0. The van der Waals surface area contributed by atoms with Gasteiger partial charge in [-0.3, -0.25) is 28.0 Å². The van der Waals surface area contributed by atoms with E-state index in [-0.39, 0.29) is 11.2 Å². The van der Waals surface area contributed by atoms with E-state index in [0.29, 0.717) is 0 Å². The Balaban J connectivity index is 4.94. The summed E-state index contributed by atoms with van der Waals surface area (Å²) < 4.78 is 41.4. The molecule has 37 heavy (non-hydrogen) atoms. The molecule has 1 heterocycles. The fourth-order valence-corrected chi connectivity index (χ4v) is 24.8. The Morgan fingerprint density at radius 1 is 0.649 bits per heavy atom. The summed E-state index contributed by atoms with van der Waals surface area (Å²) in [5.74, 6) is 0. The minimum absolute atomic E-state index is 0.270. The highest BCUT2D eigenvalue weighted by Gasteiger charge is 2.49. The third kappa shape index (κ3) is 6.42. The molecule has 1 aliphatic rings. The minimum atomic E-state index is -3.06. The second-order valence-electron chi connectivity index (χ2n) is 11.9. The van der Waals surface area contributed by atoms with Crippen molar-refractivity contribution in [2.75, 3.05) is 98.7 Å². The third-order valence-electron chi connectivity index (χ3n) is 6.38. The molecule has 0 aromatic heterocycles. The Hall–Kier alpha value is 0.600. The quantitative estimate of drug-likeness (QED) is 0.303. The summed E-state index contributed by atoms with van der Waals surface area (Å²) in [6.07, 6.45) is 0. The zero-order valence-corrected chi connectivity index (χ0v) is 30.8. The SMILES string of the molecule is CC(C)P(=NP1(=NC(C)(C)C)N=P(N(C)C)(N(C)C)N(C)N(C)P(N(C)C)(N(C)C)=N1)(N(C)C)N(C)C. The van der Waals surface area contributed by atoms with E-state index in [2.05, 4.69) is 171 Å². The first-order chi connectivity index (χ1) is 16.5. The van der Waals surface area contributed by atoms with Crippen molar-refractivity contribution in [2.45, 2.75) is 45.8 Å². The van der Waals surface area contributed by atoms with Crippen LogP contribution in [0.5, 0.6) is 0 Å². The molecule has 0 spiro atoms. The Morgan fingerprint density at radius 3 is 1.14 bits per heavy atom. The van der Waals surface area contributed by atoms with Gasteiger partial charge < -0.3 is 0 Å². The molecule has 0 radical (unpaired) electrons. The van der Waals surface area contributed by atoms with Crippen LogP contribution in [-0.2, 0) is 0 Å². The van der Waals surface area contributed by atoms with Gasteiger partial charge in [0.15, 0.2) is 15.0 Å². The predicted molar refractivity (Wildman–Crippen MR) is 170 cm³/mol. The number of rotatable bonds is 8. The summed E-state index contributed by atoms with van der Waals surface area (Å²) in [7, 11) is 19.5. The normalized spacial score (nSPS) is 21.2. The lowest BCUT2D eigenvalue weighted by Gasteiger charge is -2.50. The Labute approximate surface area is 230 Å². The Bertz CT molecular complexity index is 912. The summed E-state index contributed by atoms with van der Waals surface area (Å²) in [5.41, 5.74) is -0.119. The zero-order chi connectivity index (χ0) is 29.5. The first-order valence-electron chi connectivity index (χ1n) is 12.6. The van der Waals surface area contributed by atoms with Crippen LogP contribution in [-0.4, -0.2) is 147 Å². The highest BCUT2D eigenvalue weighted by molar-refractivity contribution is 7.81. The molecular formula is C21H58N12P4. The van der Waals surface area contributed by atoms with Gasteiger partial charge in [-0.15, -0.1) is 0 Å². The average molecular weight is 603 g/mol. The van der Waals surface area contributed by atoms with E-state index in [1.54, 1.807) is 0 Å². The molecule has 0 N–H and O–H groups in total. The zero-order valence-electron chi connectivity index (χ0n) is 27.2. The number of hydrazine groups is 1. The van der Waals surface area contributed by atoms with Crippen LogP contribution < -0.4 is 0 Å².